The van der Waals surface area contributed by atoms with E-state index in [0.717, 1.165) is 25.7 Å². The summed E-state index contributed by atoms with van der Waals surface area (Å²) in [5.74, 6) is -0.0454. The van der Waals surface area contributed by atoms with E-state index in [1.807, 2.05) is 0 Å². The number of hydrogen-bond donors (Lipinski definition) is 0. The van der Waals surface area contributed by atoms with Crippen molar-refractivity contribution >= 4 is 23.5 Å². The molecule has 0 aliphatic carbocycles. The van der Waals surface area contributed by atoms with Crippen LogP contribution in [0.4, 0.5) is 0 Å². The first kappa shape index (κ1) is 26.5. The van der Waals surface area contributed by atoms with E-state index in [0.29, 0.717) is 36.6 Å². The standard InChI is InChI=1S/C25H39ClO4/c1-2-3-4-5-6-7-8-9-10-16-21-29-24(27)19-12-11-13-20-25(28)30-23-18-15-14-17-22(23)26/h14-15,17-18H,2-13,16,19-21H2,1H3. The monoisotopic (exact) mass is 438 g/mol. The quantitative estimate of drug-likeness (QED) is 0.134. The van der Waals surface area contributed by atoms with Crippen molar-refractivity contribution in [2.45, 2.75) is 103 Å². The largest absolute Gasteiger partial charge is 0.466 e. The van der Waals surface area contributed by atoms with Gasteiger partial charge in [0.25, 0.3) is 0 Å². The molecule has 1 rings (SSSR count). The normalized spacial score (nSPS) is 10.7. The number of unbranched alkanes of at least 4 members (excludes halogenated alkanes) is 11. The number of carbonyl (C=O) groups excluding carboxylic acids is 2. The van der Waals surface area contributed by atoms with Crippen LogP contribution in [0, 0.1) is 0 Å². The second-order valence-corrected chi connectivity index (χ2v) is 8.27. The summed E-state index contributed by atoms with van der Waals surface area (Å²) in [5.41, 5.74) is 0. The summed E-state index contributed by atoms with van der Waals surface area (Å²) < 4.78 is 10.5. The smallest absolute Gasteiger partial charge is 0.311 e. The van der Waals surface area contributed by atoms with Gasteiger partial charge in [-0.1, -0.05) is 94.9 Å². The van der Waals surface area contributed by atoms with Gasteiger partial charge in [-0.05, 0) is 31.4 Å². The Kier molecular flexibility index (Phi) is 16.1. The van der Waals surface area contributed by atoms with Gasteiger partial charge >= 0.3 is 11.9 Å². The average Bonchev–Trinajstić information content (AvgIpc) is 2.73. The number of esters is 2. The van der Waals surface area contributed by atoms with Crippen LogP contribution in [0.3, 0.4) is 0 Å². The van der Waals surface area contributed by atoms with Crippen LogP contribution in [0.5, 0.6) is 5.75 Å². The van der Waals surface area contributed by atoms with Crippen molar-refractivity contribution in [3.63, 3.8) is 0 Å². The lowest BCUT2D eigenvalue weighted by atomic mass is 10.1. The summed E-state index contributed by atoms with van der Waals surface area (Å²) in [6, 6.07) is 6.92. The first-order valence-corrected chi connectivity index (χ1v) is 12.1. The van der Waals surface area contributed by atoms with Crippen LogP contribution in [-0.4, -0.2) is 18.5 Å². The van der Waals surface area contributed by atoms with Crippen LogP contribution in [0.2, 0.25) is 5.02 Å². The van der Waals surface area contributed by atoms with Crippen LogP contribution >= 0.6 is 11.6 Å². The Bertz CT molecular complexity index is 588. The summed E-state index contributed by atoms with van der Waals surface area (Å²) >= 11 is 5.96. The number of benzene rings is 1. The van der Waals surface area contributed by atoms with Gasteiger partial charge in [0.15, 0.2) is 0 Å². The zero-order valence-corrected chi connectivity index (χ0v) is 19.4. The first-order chi connectivity index (χ1) is 14.6. The molecule has 0 aliphatic heterocycles. The van der Waals surface area contributed by atoms with Gasteiger partial charge in [-0.15, -0.1) is 0 Å². The lowest BCUT2D eigenvalue weighted by Crippen LogP contribution is -2.08. The Morgan fingerprint density at radius 1 is 0.733 bits per heavy atom. The Labute approximate surface area is 187 Å². The molecule has 0 unspecified atom stereocenters. The fourth-order valence-corrected chi connectivity index (χ4v) is 3.44. The average molecular weight is 439 g/mol. The molecule has 0 amide bonds. The van der Waals surface area contributed by atoms with Crippen LogP contribution < -0.4 is 4.74 Å². The van der Waals surface area contributed by atoms with Crippen LogP contribution in [0.15, 0.2) is 24.3 Å². The molecule has 5 heteroatoms. The highest BCUT2D eigenvalue weighted by molar-refractivity contribution is 6.32. The molecule has 0 aliphatic rings. The predicted octanol–water partition coefficient (Wildman–Crippen LogP) is 7.66. The molecular formula is C25H39ClO4. The molecule has 1 aromatic rings. The minimum Gasteiger partial charge on any atom is -0.466 e. The number of carbonyl (C=O) groups is 2. The summed E-state index contributed by atoms with van der Waals surface area (Å²) in [6.45, 7) is 2.77. The lowest BCUT2D eigenvalue weighted by molar-refractivity contribution is -0.143. The van der Waals surface area contributed by atoms with Gasteiger partial charge in [-0.2, -0.15) is 0 Å². The van der Waals surface area contributed by atoms with E-state index in [4.69, 9.17) is 21.1 Å². The highest BCUT2D eigenvalue weighted by Crippen LogP contribution is 2.23. The molecule has 0 aromatic heterocycles. The van der Waals surface area contributed by atoms with Gasteiger partial charge < -0.3 is 9.47 Å². The molecule has 0 heterocycles. The topological polar surface area (TPSA) is 52.6 Å². The summed E-state index contributed by atoms with van der Waals surface area (Å²) in [7, 11) is 0. The van der Waals surface area contributed by atoms with Crippen molar-refractivity contribution in [1.82, 2.24) is 0 Å². The zero-order valence-electron chi connectivity index (χ0n) is 18.6. The third-order valence-corrected chi connectivity index (χ3v) is 5.40. The number of rotatable bonds is 18. The molecule has 0 saturated carbocycles. The Balaban J connectivity index is 1.88. The Morgan fingerprint density at radius 3 is 1.90 bits per heavy atom. The van der Waals surface area contributed by atoms with Crippen LogP contribution in [-0.2, 0) is 14.3 Å². The van der Waals surface area contributed by atoms with Crippen molar-refractivity contribution in [1.29, 1.82) is 0 Å². The van der Waals surface area contributed by atoms with E-state index in [1.54, 1.807) is 24.3 Å². The van der Waals surface area contributed by atoms with Crippen LogP contribution in [0.1, 0.15) is 103 Å². The van der Waals surface area contributed by atoms with E-state index in [9.17, 15) is 9.59 Å². The molecule has 170 valence electrons. The Morgan fingerprint density at radius 2 is 1.27 bits per heavy atom. The van der Waals surface area contributed by atoms with Gasteiger partial charge in [0.2, 0.25) is 0 Å². The summed E-state index contributed by atoms with van der Waals surface area (Å²) in [5, 5.41) is 0.427. The molecule has 0 N–H and O–H groups in total. The predicted molar refractivity (Wildman–Crippen MR) is 123 cm³/mol. The number of halogens is 1. The lowest BCUT2D eigenvalue weighted by Gasteiger charge is -2.06. The second kappa shape index (κ2) is 18.2. The third kappa shape index (κ3) is 14.4. The van der Waals surface area contributed by atoms with Crippen molar-refractivity contribution in [2.24, 2.45) is 0 Å². The fourth-order valence-electron chi connectivity index (χ4n) is 3.26. The van der Waals surface area contributed by atoms with E-state index in [-0.39, 0.29) is 11.9 Å². The van der Waals surface area contributed by atoms with E-state index >= 15 is 0 Å². The molecule has 1 aromatic carbocycles. The SMILES string of the molecule is CCCCCCCCCCCCOC(=O)CCCCCC(=O)Oc1ccccc1Cl. The van der Waals surface area contributed by atoms with Gasteiger partial charge in [-0.25, -0.2) is 0 Å². The number of para-hydroxylation sites is 1. The van der Waals surface area contributed by atoms with Gasteiger partial charge in [-0.3, -0.25) is 9.59 Å². The van der Waals surface area contributed by atoms with E-state index < -0.39 is 0 Å². The zero-order chi connectivity index (χ0) is 21.9. The highest BCUT2D eigenvalue weighted by Gasteiger charge is 2.08. The Hall–Kier alpha value is -1.55. The second-order valence-electron chi connectivity index (χ2n) is 7.87. The molecule has 0 bridgehead atoms. The molecule has 4 nitrogen and oxygen atoms in total. The molecule has 0 fully saturated rings. The maximum atomic E-state index is 11.8. The van der Waals surface area contributed by atoms with Crippen molar-refractivity contribution in [3.8, 4) is 5.75 Å². The summed E-state index contributed by atoms with van der Waals surface area (Å²) in [4.78, 5) is 23.6. The maximum Gasteiger partial charge on any atom is 0.311 e. The van der Waals surface area contributed by atoms with Gasteiger partial charge in [0.05, 0.1) is 11.6 Å². The molecule has 0 spiro atoms. The van der Waals surface area contributed by atoms with E-state index in [1.165, 1.54) is 51.4 Å². The van der Waals surface area contributed by atoms with Crippen molar-refractivity contribution in [2.75, 3.05) is 6.61 Å². The van der Waals surface area contributed by atoms with Crippen molar-refractivity contribution in [3.05, 3.63) is 29.3 Å². The third-order valence-electron chi connectivity index (χ3n) is 5.08. The summed E-state index contributed by atoms with van der Waals surface area (Å²) in [6.07, 6.45) is 15.7. The van der Waals surface area contributed by atoms with E-state index in [2.05, 4.69) is 6.92 Å². The van der Waals surface area contributed by atoms with Gasteiger partial charge in [0.1, 0.15) is 5.75 Å². The first-order valence-electron chi connectivity index (χ1n) is 11.7. The number of ether oxygens (including phenoxy) is 2. The minimum atomic E-state index is -0.299. The van der Waals surface area contributed by atoms with Crippen LogP contribution in [0.25, 0.3) is 0 Å². The minimum absolute atomic E-state index is 0.135. The highest BCUT2D eigenvalue weighted by atomic mass is 35.5. The molecule has 0 saturated heterocycles. The molecule has 0 atom stereocenters. The molecule has 0 radical (unpaired) electrons. The van der Waals surface area contributed by atoms with Gasteiger partial charge in [0, 0.05) is 12.8 Å². The van der Waals surface area contributed by atoms with Crippen molar-refractivity contribution < 1.29 is 19.1 Å². The molecular weight excluding hydrogens is 400 g/mol. The number of hydrogen-bond acceptors (Lipinski definition) is 4. The fraction of sp³-hybridized carbons (Fsp3) is 0.680. The maximum absolute atomic E-state index is 11.8. The molecule has 30 heavy (non-hydrogen) atoms.